The number of hydrogen-bond acceptors (Lipinski definition) is 8. The molecule has 0 fully saturated rings. The molecule has 1 aliphatic rings. The van der Waals surface area contributed by atoms with Gasteiger partial charge in [-0.1, -0.05) is 37.1 Å². The molecule has 2 aromatic heterocycles. The van der Waals surface area contributed by atoms with E-state index in [-0.39, 0.29) is 23.3 Å². The number of carbonyl (C=O) groups excluding carboxylic acids is 3. The lowest BCUT2D eigenvalue weighted by Gasteiger charge is -2.16. The minimum Gasteiger partial charge on any atom is -0.384 e. The average molecular weight is 605 g/mol. The molecule has 3 heterocycles. The van der Waals surface area contributed by atoms with Crippen molar-refractivity contribution in [3.8, 4) is 0 Å². The van der Waals surface area contributed by atoms with E-state index in [1.165, 1.54) is 29.0 Å². The van der Waals surface area contributed by atoms with E-state index in [9.17, 15) is 23.6 Å². The number of aromatic nitrogens is 3. The van der Waals surface area contributed by atoms with Crippen LogP contribution >= 0.6 is 0 Å². The maximum atomic E-state index is 13.0. The molecule has 0 saturated carbocycles. The van der Waals surface area contributed by atoms with Crippen LogP contribution in [0.25, 0.3) is 6.08 Å². The van der Waals surface area contributed by atoms with Gasteiger partial charge in [0.1, 0.15) is 29.2 Å². The number of aldehydes is 1. The smallest absolute Gasteiger partial charge is 0.282 e. The maximum Gasteiger partial charge on any atom is 0.282 e. The van der Waals surface area contributed by atoms with E-state index in [0.717, 1.165) is 42.0 Å². The second kappa shape index (κ2) is 15.9. The zero-order chi connectivity index (χ0) is 32.2. The van der Waals surface area contributed by atoms with Crippen molar-refractivity contribution in [2.45, 2.75) is 52.0 Å². The summed E-state index contributed by atoms with van der Waals surface area (Å²) in [6, 6.07) is 6.64. The van der Waals surface area contributed by atoms with Gasteiger partial charge >= 0.3 is 0 Å². The highest BCUT2D eigenvalue weighted by Gasteiger charge is 2.30. The number of unbranched alkanes of at least 4 members (excludes halogenated alkanes) is 1. The normalized spacial score (nSPS) is 14.2. The number of rotatable bonds is 10. The van der Waals surface area contributed by atoms with E-state index in [1.807, 2.05) is 13.0 Å². The molecule has 1 aromatic carbocycles. The number of halogens is 1. The molecule has 0 radical (unpaired) electrons. The summed E-state index contributed by atoms with van der Waals surface area (Å²) in [5.74, 6) is -1.04. The number of fused-ring (bicyclic) bond motifs is 1. The molecule has 3 aromatic rings. The lowest BCUT2D eigenvalue weighted by Crippen LogP contribution is -2.37. The zero-order valence-corrected chi connectivity index (χ0v) is 25.0. The highest BCUT2D eigenvalue weighted by molar-refractivity contribution is 6.29. The summed E-state index contributed by atoms with van der Waals surface area (Å²) in [7, 11) is 1.67. The van der Waals surface area contributed by atoms with E-state index in [4.69, 9.17) is 11.5 Å². The minimum absolute atomic E-state index is 0.152. The summed E-state index contributed by atoms with van der Waals surface area (Å²) < 4.78 is 14.5. The van der Waals surface area contributed by atoms with E-state index in [2.05, 4.69) is 38.6 Å². The number of nitrogens with zero attached hydrogens (tertiary/aromatic N) is 4. The van der Waals surface area contributed by atoms with Crippen molar-refractivity contribution >= 4 is 41.5 Å². The number of nitrogen functional groups attached to an aromatic ring is 1. The van der Waals surface area contributed by atoms with Gasteiger partial charge < -0.3 is 22.1 Å². The van der Waals surface area contributed by atoms with Crippen molar-refractivity contribution < 1.29 is 18.8 Å². The Bertz CT molecular complexity index is 1630. The third-order valence-electron chi connectivity index (χ3n) is 6.92. The summed E-state index contributed by atoms with van der Waals surface area (Å²) in [6.45, 7) is 4.57. The van der Waals surface area contributed by atoms with Crippen LogP contribution in [0, 0.1) is 12.7 Å². The lowest BCUT2D eigenvalue weighted by atomic mass is 10.0. The van der Waals surface area contributed by atoms with Gasteiger partial charge in [0.05, 0.1) is 11.8 Å². The Balaban J connectivity index is 0.000000317. The molecule has 232 valence electrons. The fourth-order valence-corrected chi connectivity index (χ4v) is 4.56. The lowest BCUT2D eigenvalue weighted by molar-refractivity contribution is -0.124. The van der Waals surface area contributed by atoms with Gasteiger partial charge in [-0.15, -0.1) is 0 Å². The van der Waals surface area contributed by atoms with Crippen LogP contribution in [0.15, 0.2) is 58.1 Å². The first-order chi connectivity index (χ1) is 21.1. The van der Waals surface area contributed by atoms with Crippen LogP contribution in [-0.4, -0.2) is 52.1 Å². The fraction of sp³-hybridized carbons (Fsp3) is 0.323. The van der Waals surface area contributed by atoms with E-state index in [0.29, 0.717) is 36.7 Å². The van der Waals surface area contributed by atoms with E-state index in [1.54, 1.807) is 13.2 Å². The molecule has 0 saturated heterocycles. The minimum atomic E-state index is -0.868. The van der Waals surface area contributed by atoms with Crippen LogP contribution in [0.1, 0.15) is 66.0 Å². The number of aliphatic imine (C=N–C) groups is 1. The number of amidine groups is 1. The SMILES string of the molecule is CCCC/C(=C\c1cnc(N)cc1C)CNC(=O)C1CCc2ncc(NC)c(=O)n21.NC(C=O)=NC(=O)c1ccccc1F. The predicted molar refractivity (Wildman–Crippen MR) is 168 cm³/mol. The number of carbonyl (C=O) groups is 3. The Morgan fingerprint density at radius 3 is 2.64 bits per heavy atom. The Hall–Kier alpha value is -5.20. The topological polar surface area (TPSA) is 187 Å². The molecule has 1 atom stereocenters. The van der Waals surface area contributed by atoms with Crippen molar-refractivity contribution in [3.63, 3.8) is 0 Å². The zero-order valence-electron chi connectivity index (χ0n) is 25.0. The first-order valence-corrected chi connectivity index (χ1v) is 14.1. The average Bonchev–Trinajstić information content (AvgIpc) is 3.45. The molecule has 4 rings (SSSR count). The number of hydrogen-bond donors (Lipinski definition) is 4. The largest absolute Gasteiger partial charge is 0.384 e. The van der Waals surface area contributed by atoms with Crippen molar-refractivity contribution in [3.05, 3.63) is 87.0 Å². The quantitative estimate of drug-likeness (QED) is 0.153. The predicted octanol–water partition coefficient (Wildman–Crippen LogP) is 2.97. The molecule has 12 nitrogen and oxygen atoms in total. The second-order valence-corrected chi connectivity index (χ2v) is 10.1. The molecule has 1 unspecified atom stereocenters. The van der Waals surface area contributed by atoms with Crippen LogP contribution in [0.3, 0.4) is 0 Å². The molecule has 0 aliphatic carbocycles. The molecule has 6 N–H and O–H groups in total. The van der Waals surface area contributed by atoms with Crippen LogP contribution in [0.2, 0.25) is 0 Å². The van der Waals surface area contributed by atoms with E-state index < -0.39 is 23.6 Å². The Kier molecular flexibility index (Phi) is 12.0. The van der Waals surface area contributed by atoms with E-state index >= 15 is 0 Å². The first-order valence-electron chi connectivity index (χ1n) is 14.1. The number of nitrogens with one attached hydrogen (secondary N) is 2. The van der Waals surface area contributed by atoms with Crippen LogP contribution in [-0.2, 0) is 16.0 Å². The molecule has 2 amide bonds. The van der Waals surface area contributed by atoms with Crippen molar-refractivity contribution in [2.75, 3.05) is 24.6 Å². The Morgan fingerprint density at radius 1 is 1.23 bits per heavy atom. The second-order valence-electron chi connectivity index (χ2n) is 10.1. The number of anilines is 2. The van der Waals surface area contributed by atoms with Crippen LogP contribution in [0.4, 0.5) is 15.9 Å². The van der Waals surface area contributed by atoms with Gasteiger partial charge in [0.15, 0.2) is 12.1 Å². The van der Waals surface area contributed by atoms with Gasteiger partial charge in [-0.2, -0.15) is 4.99 Å². The monoisotopic (exact) mass is 604 g/mol. The fourth-order valence-electron chi connectivity index (χ4n) is 4.56. The highest BCUT2D eigenvalue weighted by atomic mass is 19.1. The van der Waals surface area contributed by atoms with Crippen molar-refractivity contribution in [1.82, 2.24) is 19.9 Å². The molecule has 0 bridgehead atoms. The van der Waals surface area contributed by atoms with Gasteiger partial charge in [0.2, 0.25) is 5.91 Å². The number of pyridine rings is 1. The molecule has 0 spiro atoms. The molecular formula is C31H37FN8O4. The number of nitrogens with two attached hydrogens (primary N) is 2. The maximum absolute atomic E-state index is 13.0. The summed E-state index contributed by atoms with van der Waals surface area (Å²) in [4.78, 5) is 58.5. The Labute approximate surface area is 254 Å². The summed E-state index contributed by atoms with van der Waals surface area (Å²) in [5, 5.41) is 5.87. The number of amides is 2. The summed E-state index contributed by atoms with van der Waals surface area (Å²) in [6.07, 6.45) is 9.76. The van der Waals surface area contributed by atoms with Crippen LogP contribution in [0.5, 0.6) is 0 Å². The van der Waals surface area contributed by atoms with Gasteiger partial charge in [-0.25, -0.2) is 14.4 Å². The summed E-state index contributed by atoms with van der Waals surface area (Å²) >= 11 is 0. The van der Waals surface area contributed by atoms with Crippen LogP contribution < -0.4 is 27.7 Å². The first kappa shape index (κ1) is 33.3. The molecule has 1 aliphatic heterocycles. The van der Waals surface area contributed by atoms with Gasteiger partial charge in [0.25, 0.3) is 11.5 Å². The van der Waals surface area contributed by atoms with Gasteiger partial charge in [-0.3, -0.25) is 23.7 Å². The Morgan fingerprint density at radius 2 is 1.98 bits per heavy atom. The van der Waals surface area contributed by atoms with Crippen molar-refractivity contribution in [2.24, 2.45) is 10.7 Å². The standard InChI is InChI=1S/C22H30N6O2.C9H7FN2O2/c1-4-5-6-15(10-16-12-25-19(23)9-14(16)2)11-27-21(29)18-7-8-20-26-13-17(24-3)22(30)28(18)20;10-7-4-2-1-3-6(7)9(14)12-8(11)5-13/h9-10,12-13,18,24H,4-8,11H2,1-3H3,(H2,23,25)(H,27,29);1-5H,(H2,11,12,14)/b15-10+;. The highest BCUT2D eigenvalue weighted by Crippen LogP contribution is 2.23. The number of benzene rings is 1. The third kappa shape index (κ3) is 8.66. The van der Waals surface area contributed by atoms with Crippen molar-refractivity contribution in [1.29, 1.82) is 0 Å². The van der Waals surface area contributed by atoms with Gasteiger partial charge in [0, 0.05) is 26.2 Å². The summed E-state index contributed by atoms with van der Waals surface area (Å²) in [5.41, 5.74) is 13.9. The molecule has 44 heavy (non-hydrogen) atoms. The van der Waals surface area contributed by atoms with Gasteiger partial charge in [-0.05, 0) is 55.5 Å². The number of aryl methyl sites for hydroxylation is 2. The third-order valence-corrected chi connectivity index (χ3v) is 6.92. The molecule has 13 heteroatoms. The molecular weight excluding hydrogens is 567 g/mol.